The molecule has 0 radical (unpaired) electrons. The molecule has 1 aromatic heterocycles. The molecule has 3 nitrogen and oxygen atoms in total. The summed E-state index contributed by atoms with van der Waals surface area (Å²) in [5.41, 5.74) is 8.31. The summed E-state index contributed by atoms with van der Waals surface area (Å²) >= 11 is 6.14. The number of unbranched alkanes of at least 4 members (excludes halogenated alkanes) is 1. The Kier molecular flexibility index (Phi) is 3.69. The maximum atomic E-state index is 6.14. The van der Waals surface area contributed by atoms with Gasteiger partial charge in [0, 0.05) is 18.3 Å². The smallest absolute Gasteiger partial charge is 0.117 e. The highest BCUT2D eigenvalue weighted by molar-refractivity contribution is 6.33. The second-order valence-electron chi connectivity index (χ2n) is 4.03. The van der Waals surface area contributed by atoms with Crippen molar-refractivity contribution in [1.29, 1.82) is 0 Å². The van der Waals surface area contributed by atoms with E-state index in [4.69, 9.17) is 17.3 Å². The van der Waals surface area contributed by atoms with Crippen molar-refractivity contribution in [2.45, 2.75) is 26.3 Å². The molecule has 0 bridgehead atoms. The fraction of sp³-hybridized carbons (Fsp3) is 0.308. The largest absolute Gasteiger partial charge is 0.396 e. The normalized spacial score (nSPS) is 10.7. The van der Waals surface area contributed by atoms with Crippen molar-refractivity contribution in [3.63, 3.8) is 0 Å². The zero-order valence-electron chi connectivity index (χ0n) is 9.86. The van der Waals surface area contributed by atoms with Crippen molar-refractivity contribution >= 4 is 17.3 Å². The van der Waals surface area contributed by atoms with E-state index in [-0.39, 0.29) is 0 Å². The van der Waals surface area contributed by atoms with Gasteiger partial charge in [0.25, 0.3) is 0 Å². The minimum Gasteiger partial charge on any atom is -0.396 e. The molecular formula is C13H16ClN3. The highest BCUT2D eigenvalue weighted by Crippen LogP contribution is 2.30. The molecule has 4 heteroatoms. The van der Waals surface area contributed by atoms with E-state index in [0.29, 0.717) is 10.7 Å². The van der Waals surface area contributed by atoms with Crippen LogP contribution in [0.5, 0.6) is 0 Å². The van der Waals surface area contributed by atoms with Crippen LogP contribution in [0, 0.1) is 0 Å². The molecule has 0 spiro atoms. The third-order valence-electron chi connectivity index (χ3n) is 2.66. The Morgan fingerprint density at radius 1 is 1.35 bits per heavy atom. The quantitative estimate of drug-likeness (QED) is 0.900. The predicted molar refractivity (Wildman–Crippen MR) is 72.0 cm³/mol. The molecule has 0 aliphatic carbocycles. The molecule has 2 N–H and O–H groups in total. The molecule has 0 saturated carbocycles. The molecule has 0 fully saturated rings. The van der Waals surface area contributed by atoms with Gasteiger partial charge in [-0.3, -0.25) is 4.68 Å². The van der Waals surface area contributed by atoms with Gasteiger partial charge in [-0.15, -0.1) is 0 Å². The Hall–Kier alpha value is -1.48. The number of halogens is 1. The molecule has 1 heterocycles. The Balaban J connectivity index is 2.33. The molecule has 0 unspecified atom stereocenters. The van der Waals surface area contributed by atoms with Crippen LogP contribution < -0.4 is 5.73 Å². The number of aryl methyl sites for hydroxylation is 1. The van der Waals surface area contributed by atoms with Crippen LogP contribution in [0.15, 0.2) is 30.5 Å². The molecule has 1 aromatic carbocycles. The van der Waals surface area contributed by atoms with Gasteiger partial charge in [-0.05, 0) is 12.5 Å². The first kappa shape index (κ1) is 12.0. The van der Waals surface area contributed by atoms with Crippen LogP contribution >= 0.6 is 11.6 Å². The number of aromatic nitrogens is 2. The van der Waals surface area contributed by atoms with Crippen LogP contribution in [0.2, 0.25) is 5.02 Å². The maximum absolute atomic E-state index is 6.14. The fourth-order valence-corrected chi connectivity index (χ4v) is 1.96. The lowest BCUT2D eigenvalue weighted by Crippen LogP contribution is -1.98. The number of hydrogen-bond acceptors (Lipinski definition) is 2. The molecule has 0 amide bonds. The lowest BCUT2D eigenvalue weighted by molar-refractivity contribution is 0.573. The predicted octanol–water partition coefficient (Wildman–Crippen LogP) is 3.59. The van der Waals surface area contributed by atoms with E-state index in [0.717, 1.165) is 30.6 Å². The van der Waals surface area contributed by atoms with Crippen molar-refractivity contribution in [3.8, 4) is 11.3 Å². The zero-order chi connectivity index (χ0) is 12.3. The van der Waals surface area contributed by atoms with E-state index in [2.05, 4.69) is 12.0 Å². The van der Waals surface area contributed by atoms with Crippen LogP contribution in [0.3, 0.4) is 0 Å². The number of nitrogen functional groups attached to an aromatic ring is 1. The number of nitrogens with zero attached hydrogens (tertiary/aromatic N) is 2. The van der Waals surface area contributed by atoms with Crippen LogP contribution in [0.25, 0.3) is 11.3 Å². The molecule has 17 heavy (non-hydrogen) atoms. The van der Waals surface area contributed by atoms with E-state index >= 15 is 0 Å². The van der Waals surface area contributed by atoms with E-state index < -0.39 is 0 Å². The van der Waals surface area contributed by atoms with Crippen molar-refractivity contribution in [2.24, 2.45) is 0 Å². The van der Waals surface area contributed by atoms with E-state index in [1.165, 1.54) is 0 Å². The Labute approximate surface area is 106 Å². The van der Waals surface area contributed by atoms with Gasteiger partial charge < -0.3 is 5.73 Å². The zero-order valence-corrected chi connectivity index (χ0v) is 10.6. The Morgan fingerprint density at radius 3 is 2.82 bits per heavy atom. The van der Waals surface area contributed by atoms with Crippen molar-refractivity contribution in [1.82, 2.24) is 9.78 Å². The van der Waals surface area contributed by atoms with Gasteiger partial charge >= 0.3 is 0 Å². The first-order valence-corrected chi connectivity index (χ1v) is 6.18. The highest BCUT2D eigenvalue weighted by Gasteiger charge is 2.10. The third kappa shape index (κ3) is 2.61. The molecule has 0 aliphatic rings. The minimum atomic E-state index is 0.675. The molecule has 0 saturated heterocycles. The molecule has 0 atom stereocenters. The highest BCUT2D eigenvalue weighted by atomic mass is 35.5. The van der Waals surface area contributed by atoms with Gasteiger partial charge in [0.2, 0.25) is 0 Å². The lowest BCUT2D eigenvalue weighted by Gasteiger charge is -2.01. The van der Waals surface area contributed by atoms with E-state index in [1.807, 2.05) is 35.1 Å². The minimum absolute atomic E-state index is 0.675. The topological polar surface area (TPSA) is 43.8 Å². The monoisotopic (exact) mass is 249 g/mol. The first-order chi connectivity index (χ1) is 8.22. The summed E-state index contributed by atoms with van der Waals surface area (Å²) in [5.74, 6) is 0. The summed E-state index contributed by atoms with van der Waals surface area (Å²) in [6.45, 7) is 3.05. The summed E-state index contributed by atoms with van der Waals surface area (Å²) < 4.78 is 1.89. The van der Waals surface area contributed by atoms with Gasteiger partial charge in [-0.1, -0.05) is 43.1 Å². The number of rotatable bonds is 4. The van der Waals surface area contributed by atoms with Crippen molar-refractivity contribution < 1.29 is 0 Å². The number of nitrogens with two attached hydrogens (primary N) is 1. The molecule has 90 valence electrons. The first-order valence-electron chi connectivity index (χ1n) is 5.80. The van der Waals surface area contributed by atoms with E-state index in [1.54, 1.807) is 0 Å². The molecule has 2 aromatic rings. The van der Waals surface area contributed by atoms with Crippen LogP contribution in [-0.2, 0) is 6.54 Å². The van der Waals surface area contributed by atoms with Gasteiger partial charge in [-0.2, -0.15) is 5.10 Å². The summed E-state index contributed by atoms with van der Waals surface area (Å²) in [6.07, 6.45) is 4.11. The SMILES string of the molecule is CCCCn1cc(N)c(-c2ccccc2Cl)n1. The average Bonchev–Trinajstić information content (AvgIpc) is 2.68. The third-order valence-corrected chi connectivity index (χ3v) is 2.99. The van der Waals surface area contributed by atoms with Crippen LogP contribution in [0.1, 0.15) is 19.8 Å². The molecule has 2 rings (SSSR count). The van der Waals surface area contributed by atoms with Crippen molar-refractivity contribution in [3.05, 3.63) is 35.5 Å². The second kappa shape index (κ2) is 5.23. The maximum Gasteiger partial charge on any atom is 0.117 e. The van der Waals surface area contributed by atoms with Crippen LogP contribution in [0.4, 0.5) is 5.69 Å². The van der Waals surface area contributed by atoms with Crippen LogP contribution in [-0.4, -0.2) is 9.78 Å². The summed E-state index contributed by atoms with van der Waals surface area (Å²) in [7, 11) is 0. The Morgan fingerprint density at radius 2 is 2.12 bits per heavy atom. The van der Waals surface area contributed by atoms with Crippen molar-refractivity contribution in [2.75, 3.05) is 5.73 Å². The lowest BCUT2D eigenvalue weighted by atomic mass is 10.1. The number of anilines is 1. The number of benzene rings is 1. The van der Waals surface area contributed by atoms with Gasteiger partial charge in [0.1, 0.15) is 5.69 Å². The van der Waals surface area contributed by atoms with E-state index in [9.17, 15) is 0 Å². The van der Waals surface area contributed by atoms with Gasteiger partial charge in [0.15, 0.2) is 0 Å². The average molecular weight is 250 g/mol. The second-order valence-corrected chi connectivity index (χ2v) is 4.44. The van der Waals surface area contributed by atoms with Gasteiger partial charge in [-0.25, -0.2) is 0 Å². The molecule has 0 aliphatic heterocycles. The summed E-state index contributed by atoms with van der Waals surface area (Å²) in [4.78, 5) is 0. The summed E-state index contributed by atoms with van der Waals surface area (Å²) in [6, 6.07) is 7.62. The Bertz CT molecular complexity index is 505. The summed E-state index contributed by atoms with van der Waals surface area (Å²) in [5, 5.41) is 5.17. The standard InChI is InChI=1S/C13H16ClN3/c1-2-3-8-17-9-12(15)13(16-17)10-6-4-5-7-11(10)14/h4-7,9H,2-3,8,15H2,1H3. The fourth-order valence-electron chi connectivity index (χ4n) is 1.73. The number of hydrogen-bond donors (Lipinski definition) is 1. The molecular weight excluding hydrogens is 234 g/mol. The van der Waals surface area contributed by atoms with Gasteiger partial charge in [0.05, 0.1) is 10.7 Å².